The molecule has 7 nitrogen and oxygen atoms in total. The number of nitrogens with one attached hydrogen (secondary N) is 1. The molecule has 176 valence electrons. The van der Waals surface area contributed by atoms with Crippen LogP contribution in [0.1, 0.15) is 53.1 Å². The van der Waals surface area contributed by atoms with Gasteiger partial charge in [-0.25, -0.2) is 8.42 Å². The molecule has 2 heterocycles. The lowest BCUT2D eigenvalue weighted by Gasteiger charge is -2.11. The monoisotopic (exact) mass is 476 g/mol. The summed E-state index contributed by atoms with van der Waals surface area (Å²) in [5, 5.41) is 8.42. The Morgan fingerprint density at radius 1 is 1.09 bits per heavy atom. The number of fused-ring (bicyclic) bond motifs is 1. The molecule has 0 radical (unpaired) electrons. The zero-order valence-corrected chi connectivity index (χ0v) is 20.2. The second-order valence-electron chi connectivity index (χ2n) is 8.87. The van der Waals surface area contributed by atoms with Crippen LogP contribution in [0.4, 0.5) is 0 Å². The molecule has 34 heavy (non-hydrogen) atoms. The van der Waals surface area contributed by atoms with Crippen molar-refractivity contribution in [2.45, 2.75) is 50.7 Å². The standard InChI is InChI=1S/C26H28N4O3S/c1-3-34(32,33)24-9-4-19(5-10-24)16-27-26(31)20-6-11-25-21(14-20)15-23(30(25)22-7-8-22)17-29-18(2)12-13-28-29/h4-6,9-15,22H,3,7-8,16-17H2,1-2H3,(H,27,31). The van der Waals surface area contributed by atoms with Crippen LogP contribution < -0.4 is 5.32 Å². The van der Waals surface area contributed by atoms with E-state index in [4.69, 9.17) is 0 Å². The quantitative estimate of drug-likeness (QED) is 0.412. The highest BCUT2D eigenvalue weighted by atomic mass is 32.2. The molecular weight excluding hydrogens is 448 g/mol. The number of aryl methyl sites for hydroxylation is 1. The van der Waals surface area contributed by atoms with Crippen molar-refractivity contribution in [3.8, 4) is 0 Å². The van der Waals surface area contributed by atoms with Gasteiger partial charge in [0.2, 0.25) is 0 Å². The van der Waals surface area contributed by atoms with Crippen LogP contribution in [0, 0.1) is 6.92 Å². The number of amides is 1. The van der Waals surface area contributed by atoms with E-state index in [2.05, 4.69) is 28.0 Å². The van der Waals surface area contributed by atoms with Crippen molar-refractivity contribution in [3.63, 3.8) is 0 Å². The van der Waals surface area contributed by atoms with Crippen LogP contribution in [0.2, 0.25) is 0 Å². The fraction of sp³-hybridized carbons (Fsp3) is 0.308. The number of aromatic nitrogens is 3. The van der Waals surface area contributed by atoms with Crippen LogP contribution in [-0.4, -0.2) is 34.4 Å². The van der Waals surface area contributed by atoms with E-state index in [1.54, 1.807) is 31.2 Å². The molecule has 0 atom stereocenters. The Morgan fingerprint density at radius 3 is 2.50 bits per heavy atom. The average Bonchev–Trinajstić information content (AvgIpc) is 3.50. The molecule has 0 spiro atoms. The van der Waals surface area contributed by atoms with Gasteiger partial charge in [-0.05, 0) is 67.8 Å². The molecule has 0 aliphatic heterocycles. The molecule has 1 aliphatic carbocycles. The van der Waals surface area contributed by atoms with E-state index < -0.39 is 9.84 Å². The summed E-state index contributed by atoms with van der Waals surface area (Å²) in [6.07, 6.45) is 4.17. The Kier molecular flexibility index (Phi) is 5.77. The first-order valence-corrected chi connectivity index (χ1v) is 13.2. The number of hydrogen-bond acceptors (Lipinski definition) is 4. The zero-order valence-electron chi connectivity index (χ0n) is 19.4. The molecular formula is C26H28N4O3S. The number of carbonyl (C=O) groups excluding carboxylic acids is 1. The predicted octanol–water partition coefficient (Wildman–Crippen LogP) is 4.25. The number of carbonyl (C=O) groups is 1. The molecule has 1 fully saturated rings. The average molecular weight is 477 g/mol. The van der Waals surface area contributed by atoms with E-state index >= 15 is 0 Å². The van der Waals surface area contributed by atoms with Gasteiger partial charge in [0.05, 0.1) is 17.2 Å². The highest BCUT2D eigenvalue weighted by Gasteiger charge is 2.27. The third-order valence-electron chi connectivity index (χ3n) is 6.45. The highest BCUT2D eigenvalue weighted by molar-refractivity contribution is 7.91. The van der Waals surface area contributed by atoms with Crippen LogP contribution in [-0.2, 0) is 22.9 Å². The second kappa shape index (κ2) is 8.76. The van der Waals surface area contributed by atoms with E-state index in [-0.39, 0.29) is 11.7 Å². The van der Waals surface area contributed by atoms with Gasteiger partial charge >= 0.3 is 0 Å². The Morgan fingerprint density at radius 2 is 1.85 bits per heavy atom. The first kappa shape index (κ1) is 22.4. The van der Waals surface area contributed by atoms with E-state index in [0.717, 1.165) is 22.2 Å². The molecule has 1 saturated carbocycles. The molecule has 4 aromatic rings. The smallest absolute Gasteiger partial charge is 0.251 e. The van der Waals surface area contributed by atoms with Crippen molar-refractivity contribution >= 4 is 26.6 Å². The van der Waals surface area contributed by atoms with Gasteiger partial charge in [-0.1, -0.05) is 19.1 Å². The molecule has 0 bridgehead atoms. The van der Waals surface area contributed by atoms with E-state index in [9.17, 15) is 13.2 Å². The highest BCUT2D eigenvalue weighted by Crippen LogP contribution is 2.40. The van der Waals surface area contributed by atoms with Crippen molar-refractivity contribution in [2.75, 3.05) is 5.75 Å². The summed E-state index contributed by atoms with van der Waals surface area (Å²) in [5.74, 6) is -0.0899. The van der Waals surface area contributed by atoms with E-state index in [0.29, 0.717) is 29.6 Å². The molecule has 1 aliphatic rings. The van der Waals surface area contributed by atoms with Crippen molar-refractivity contribution in [1.82, 2.24) is 19.7 Å². The number of hydrogen-bond donors (Lipinski definition) is 1. The molecule has 5 rings (SSSR count). The maximum atomic E-state index is 12.8. The van der Waals surface area contributed by atoms with Crippen molar-refractivity contribution in [1.29, 1.82) is 0 Å². The summed E-state index contributed by atoms with van der Waals surface area (Å²) in [7, 11) is -3.23. The third-order valence-corrected chi connectivity index (χ3v) is 8.20. The van der Waals surface area contributed by atoms with Gasteiger partial charge in [0.15, 0.2) is 9.84 Å². The second-order valence-corrected chi connectivity index (χ2v) is 11.1. The van der Waals surface area contributed by atoms with Gasteiger partial charge < -0.3 is 9.88 Å². The van der Waals surface area contributed by atoms with Gasteiger partial charge in [0.1, 0.15) is 0 Å². The molecule has 0 saturated heterocycles. The van der Waals surface area contributed by atoms with Crippen LogP contribution in [0.15, 0.2) is 65.7 Å². The summed E-state index contributed by atoms with van der Waals surface area (Å²) in [6.45, 7) is 4.71. The number of rotatable bonds is 8. The summed E-state index contributed by atoms with van der Waals surface area (Å²) in [6, 6.07) is 17.2. The van der Waals surface area contributed by atoms with Crippen LogP contribution in [0.25, 0.3) is 10.9 Å². The van der Waals surface area contributed by atoms with Gasteiger partial charge in [0, 0.05) is 46.6 Å². The lowest BCUT2D eigenvalue weighted by atomic mass is 10.1. The van der Waals surface area contributed by atoms with E-state index in [1.807, 2.05) is 35.1 Å². The fourth-order valence-corrected chi connectivity index (χ4v) is 5.19. The minimum Gasteiger partial charge on any atom is -0.348 e. The fourth-order valence-electron chi connectivity index (χ4n) is 4.30. The minimum absolute atomic E-state index is 0.0668. The van der Waals surface area contributed by atoms with Gasteiger partial charge in [0.25, 0.3) is 5.91 Å². The topological polar surface area (TPSA) is 86.0 Å². The van der Waals surface area contributed by atoms with Crippen LogP contribution >= 0.6 is 0 Å². The molecule has 8 heteroatoms. The van der Waals surface area contributed by atoms with Gasteiger partial charge in [-0.15, -0.1) is 0 Å². The van der Waals surface area contributed by atoms with Crippen LogP contribution in [0.5, 0.6) is 0 Å². The summed E-state index contributed by atoms with van der Waals surface area (Å²) < 4.78 is 28.3. The van der Waals surface area contributed by atoms with Gasteiger partial charge in [-0.2, -0.15) is 5.10 Å². The lowest BCUT2D eigenvalue weighted by molar-refractivity contribution is 0.0951. The molecule has 1 N–H and O–H groups in total. The maximum Gasteiger partial charge on any atom is 0.251 e. The SMILES string of the molecule is CCS(=O)(=O)c1ccc(CNC(=O)c2ccc3c(c2)cc(Cn2nccc2C)n3C2CC2)cc1. The Hall–Kier alpha value is -3.39. The first-order valence-electron chi connectivity index (χ1n) is 11.6. The summed E-state index contributed by atoms with van der Waals surface area (Å²) in [4.78, 5) is 13.1. The van der Waals surface area contributed by atoms with Crippen molar-refractivity contribution < 1.29 is 13.2 Å². The van der Waals surface area contributed by atoms with Gasteiger partial charge in [-0.3, -0.25) is 9.48 Å². The Balaban J connectivity index is 1.34. The molecule has 0 unspecified atom stereocenters. The normalized spacial score (nSPS) is 13.9. The maximum absolute atomic E-state index is 12.8. The van der Waals surface area contributed by atoms with Crippen LogP contribution in [0.3, 0.4) is 0 Å². The lowest BCUT2D eigenvalue weighted by Crippen LogP contribution is -2.22. The van der Waals surface area contributed by atoms with Crippen molar-refractivity contribution in [2.24, 2.45) is 0 Å². The molecule has 1 amide bonds. The predicted molar refractivity (Wildman–Crippen MR) is 132 cm³/mol. The summed E-state index contributed by atoms with van der Waals surface area (Å²) in [5.41, 5.74) is 4.91. The molecule has 2 aromatic carbocycles. The summed E-state index contributed by atoms with van der Waals surface area (Å²) >= 11 is 0. The molecule has 2 aromatic heterocycles. The first-order chi connectivity index (χ1) is 16.4. The minimum atomic E-state index is -3.23. The number of nitrogens with zero attached hydrogens (tertiary/aromatic N) is 3. The van der Waals surface area contributed by atoms with Crippen molar-refractivity contribution in [3.05, 3.63) is 83.3 Å². The zero-order chi connectivity index (χ0) is 23.9. The number of sulfone groups is 1. The third kappa shape index (κ3) is 4.37. The van der Waals surface area contributed by atoms with E-state index in [1.165, 1.54) is 18.5 Å². The Labute approximate surface area is 199 Å². The largest absolute Gasteiger partial charge is 0.348 e. The Bertz CT molecular complexity index is 1460. The number of benzene rings is 2.